The molecule has 1 heterocycles. The van der Waals surface area contributed by atoms with Crippen molar-refractivity contribution in [3.05, 3.63) is 75.7 Å². The molecule has 0 saturated heterocycles. The van der Waals surface area contributed by atoms with E-state index in [1.807, 2.05) is 31.2 Å². The molecular weight excluding hydrogens is 416 g/mol. The predicted octanol–water partition coefficient (Wildman–Crippen LogP) is 2.51. The number of carbonyl (C=O) groups is 1. The van der Waals surface area contributed by atoms with Crippen molar-refractivity contribution < 1.29 is 13.2 Å². The zero-order valence-corrected chi connectivity index (χ0v) is 19.0. The molecule has 1 aromatic heterocycles. The lowest BCUT2D eigenvalue weighted by atomic mass is 10.1. The maximum atomic E-state index is 13.0. The Morgan fingerprint density at radius 1 is 1.06 bits per heavy atom. The van der Waals surface area contributed by atoms with Crippen LogP contribution in [0.3, 0.4) is 0 Å². The minimum absolute atomic E-state index is 0.116. The van der Waals surface area contributed by atoms with Gasteiger partial charge in [0.25, 0.3) is 5.56 Å². The third-order valence-corrected chi connectivity index (χ3v) is 6.27. The Morgan fingerprint density at radius 2 is 1.71 bits per heavy atom. The van der Waals surface area contributed by atoms with Crippen LogP contribution in [0, 0.1) is 20.8 Å². The standard InChI is InChI=1S/C22H26N4O4S/c1-15-11-12-16(2)19(13-15)25(31(5,29)30)14-20(27)23-21-17(3)24(4)26(22(21)28)18-9-7-6-8-10-18/h6-13H,14H2,1-5H3,(H,23,27). The Labute approximate surface area is 181 Å². The molecule has 3 rings (SSSR count). The molecule has 0 radical (unpaired) electrons. The number of anilines is 2. The van der Waals surface area contributed by atoms with Crippen molar-refractivity contribution in [1.82, 2.24) is 9.36 Å². The summed E-state index contributed by atoms with van der Waals surface area (Å²) in [4.78, 5) is 25.8. The fourth-order valence-electron chi connectivity index (χ4n) is 3.39. The summed E-state index contributed by atoms with van der Waals surface area (Å²) in [5, 5.41) is 2.62. The van der Waals surface area contributed by atoms with Crippen LogP contribution in [0.4, 0.5) is 11.4 Å². The molecule has 0 spiro atoms. The van der Waals surface area contributed by atoms with Crippen LogP contribution in [-0.2, 0) is 21.9 Å². The van der Waals surface area contributed by atoms with Gasteiger partial charge in [-0.15, -0.1) is 0 Å². The van der Waals surface area contributed by atoms with Gasteiger partial charge in [0.15, 0.2) is 0 Å². The maximum Gasteiger partial charge on any atom is 0.295 e. The van der Waals surface area contributed by atoms with Crippen LogP contribution in [-0.4, -0.2) is 36.5 Å². The van der Waals surface area contributed by atoms with Gasteiger partial charge >= 0.3 is 0 Å². The summed E-state index contributed by atoms with van der Waals surface area (Å²) in [6, 6.07) is 14.5. The highest BCUT2D eigenvalue weighted by Crippen LogP contribution is 2.24. The molecule has 2 aromatic carbocycles. The van der Waals surface area contributed by atoms with Gasteiger partial charge in [0, 0.05) is 7.05 Å². The molecule has 9 heteroatoms. The van der Waals surface area contributed by atoms with E-state index in [0.29, 0.717) is 17.1 Å². The van der Waals surface area contributed by atoms with Gasteiger partial charge in [0.05, 0.1) is 23.3 Å². The molecule has 0 atom stereocenters. The Balaban J connectivity index is 1.94. The number of carbonyl (C=O) groups excluding carboxylic acids is 1. The molecule has 3 aromatic rings. The average Bonchev–Trinajstić information content (AvgIpc) is 2.91. The fraction of sp³-hybridized carbons (Fsp3) is 0.273. The Morgan fingerprint density at radius 3 is 2.32 bits per heavy atom. The molecule has 0 bridgehead atoms. The Bertz CT molecular complexity index is 1290. The topological polar surface area (TPSA) is 93.4 Å². The molecule has 0 aliphatic rings. The Hall–Kier alpha value is -3.33. The normalized spacial score (nSPS) is 11.4. The van der Waals surface area contributed by atoms with Crippen LogP contribution in [0.5, 0.6) is 0 Å². The van der Waals surface area contributed by atoms with Gasteiger partial charge in [-0.1, -0.05) is 30.3 Å². The van der Waals surface area contributed by atoms with Crippen molar-refractivity contribution in [3.63, 3.8) is 0 Å². The first-order chi connectivity index (χ1) is 14.5. The van der Waals surface area contributed by atoms with Gasteiger partial charge in [-0.05, 0) is 50.1 Å². The van der Waals surface area contributed by atoms with Crippen molar-refractivity contribution in [2.75, 3.05) is 22.4 Å². The lowest BCUT2D eigenvalue weighted by molar-refractivity contribution is -0.114. The van der Waals surface area contributed by atoms with E-state index in [9.17, 15) is 18.0 Å². The van der Waals surface area contributed by atoms with E-state index in [-0.39, 0.29) is 5.69 Å². The third-order valence-electron chi connectivity index (χ3n) is 5.14. The largest absolute Gasteiger partial charge is 0.318 e. The van der Waals surface area contributed by atoms with Crippen molar-refractivity contribution in [2.24, 2.45) is 7.05 Å². The number of amides is 1. The van der Waals surface area contributed by atoms with E-state index in [4.69, 9.17) is 0 Å². The first-order valence-corrected chi connectivity index (χ1v) is 11.5. The minimum atomic E-state index is -3.73. The summed E-state index contributed by atoms with van der Waals surface area (Å²) in [6.45, 7) is 4.91. The molecule has 0 aliphatic heterocycles. The van der Waals surface area contributed by atoms with Crippen LogP contribution in [0.25, 0.3) is 5.69 Å². The number of benzene rings is 2. The summed E-state index contributed by atoms with van der Waals surface area (Å²) in [7, 11) is -2.01. The minimum Gasteiger partial charge on any atom is -0.318 e. The second-order valence-electron chi connectivity index (χ2n) is 7.54. The van der Waals surface area contributed by atoms with E-state index in [1.54, 1.807) is 49.8 Å². The Kier molecular flexibility index (Phi) is 6.08. The van der Waals surface area contributed by atoms with Gasteiger partial charge in [-0.25, -0.2) is 13.1 Å². The molecule has 164 valence electrons. The van der Waals surface area contributed by atoms with Crippen LogP contribution in [0.2, 0.25) is 0 Å². The van der Waals surface area contributed by atoms with Gasteiger partial charge in [0.2, 0.25) is 15.9 Å². The van der Waals surface area contributed by atoms with Crippen molar-refractivity contribution >= 4 is 27.3 Å². The third kappa shape index (κ3) is 4.56. The number of hydrogen-bond acceptors (Lipinski definition) is 4. The quantitative estimate of drug-likeness (QED) is 0.635. The zero-order valence-electron chi connectivity index (χ0n) is 18.2. The van der Waals surface area contributed by atoms with E-state index >= 15 is 0 Å². The highest BCUT2D eigenvalue weighted by Gasteiger charge is 2.24. The number of nitrogens with zero attached hydrogens (tertiary/aromatic N) is 3. The summed E-state index contributed by atoms with van der Waals surface area (Å²) < 4.78 is 29.0. The van der Waals surface area contributed by atoms with Crippen LogP contribution in [0.1, 0.15) is 16.8 Å². The molecule has 8 nitrogen and oxygen atoms in total. The van der Waals surface area contributed by atoms with Crippen LogP contribution < -0.4 is 15.2 Å². The molecule has 0 aliphatic carbocycles. The van der Waals surface area contributed by atoms with Gasteiger partial charge in [-0.2, -0.15) is 0 Å². The second-order valence-corrected chi connectivity index (χ2v) is 9.45. The lowest BCUT2D eigenvalue weighted by Crippen LogP contribution is -2.38. The van der Waals surface area contributed by atoms with E-state index in [1.165, 1.54) is 4.68 Å². The summed E-state index contributed by atoms with van der Waals surface area (Å²) >= 11 is 0. The first kappa shape index (κ1) is 22.4. The molecule has 31 heavy (non-hydrogen) atoms. The number of aryl methyl sites for hydroxylation is 2. The fourth-order valence-corrected chi connectivity index (χ4v) is 4.30. The maximum absolute atomic E-state index is 13.0. The van der Waals surface area contributed by atoms with E-state index in [0.717, 1.165) is 21.7 Å². The van der Waals surface area contributed by atoms with Crippen molar-refractivity contribution in [3.8, 4) is 5.69 Å². The highest BCUT2D eigenvalue weighted by atomic mass is 32.2. The van der Waals surface area contributed by atoms with E-state index < -0.39 is 28.0 Å². The molecule has 1 N–H and O–H groups in total. The first-order valence-electron chi connectivity index (χ1n) is 9.69. The molecular formula is C22H26N4O4S. The van der Waals surface area contributed by atoms with Crippen molar-refractivity contribution in [2.45, 2.75) is 20.8 Å². The van der Waals surface area contributed by atoms with Gasteiger partial charge in [0.1, 0.15) is 12.2 Å². The zero-order chi connectivity index (χ0) is 22.9. The number of nitrogens with one attached hydrogen (secondary N) is 1. The molecule has 0 unspecified atom stereocenters. The average molecular weight is 443 g/mol. The molecule has 1 amide bonds. The number of rotatable bonds is 6. The predicted molar refractivity (Wildman–Crippen MR) is 122 cm³/mol. The highest BCUT2D eigenvalue weighted by molar-refractivity contribution is 7.92. The summed E-state index contributed by atoms with van der Waals surface area (Å²) in [5.74, 6) is -0.600. The SMILES string of the molecule is Cc1ccc(C)c(N(CC(=O)Nc2c(C)n(C)n(-c3ccccc3)c2=O)S(C)(=O)=O)c1. The lowest BCUT2D eigenvalue weighted by Gasteiger charge is -2.24. The van der Waals surface area contributed by atoms with Crippen LogP contribution in [0.15, 0.2) is 53.3 Å². The molecule has 0 saturated carbocycles. The van der Waals surface area contributed by atoms with Crippen molar-refractivity contribution in [1.29, 1.82) is 0 Å². The summed E-state index contributed by atoms with van der Waals surface area (Å²) in [6.07, 6.45) is 1.05. The number of sulfonamides is 1. The number of para-hydroxylation sites is 1. The number of aromatic nitrogens is 2. The monoisotopic (exact) mass is 442 g/mol. The smallest absolute Gasteiger partial charge is 0.295 e. The van der Waals surface area contributed by atoms with E-state index in [2.05, 4.69) is 5.32 Å². The second kappa shape index (κ2) is 8.43. The summed E-state index contributed by atoms with van der Waals surface area (Å²) in [5.41, 5.74) is 2.98. The molecule has 0 fully saturated rings. The van der Waals surface area contributed by atoms with Gasteiger partial charge in [-0.3, -0.25) is 18.6 Å². The van der Waals surface area contributed by atoms with Gasteiger partial charge < -0.3 is 5.32 Å². The van der Waals surface area contributed by atoms with Crippen LogP contribution >= 0.6 is 0 Å². The number of hydrogen-bond donors (Lipinski definition) is 1.